The van der Waals surface area contributed by atoms with Crippen LogP contribution in [0.5, 0.6) is 0 Å². The number of amides is 1. The number of ether oxygens (including phenoxy) is 1. The van der Waals surface area contributed by atoms with E-state index in [1.54, 1.807) is 16.2 Å². The summed E-state index contributed by atoms with van der Waals surface area (Å²) < 4.78 is 7.56. The molecule has 100 valence electrons. The maximum absolute atomic E-state index is 12.0. The largest absolute Gasteiger partial charge is 0.444 e. The van der Waals surface area contributed by atoms with Crippen molar-refractivity contribution in [3.63, 3.8) is 0 Å². The Morgan fingerprint density at radius 1 is 1.39 bits per heavy atom. The number of fused-ring (bicyclic) bond motifs is 1. The third kappa shape index (κ3) is 3.08. The Morgan fingerprint density at radius 2 is 2.06 bits per heavy atom. The molecule has 0 bridgehead atoms. The fourth-order valence-corrected chi connectivity index (χ4v) is 4.28. The molecule has 1 aromatic heterocycles. The molecular weight excluding hydrogens is 382 g/mol. The van der Waals surface area contributed by atoms with Gasteiger partial charge in [0.15, 0.2) is 0 Å². The monoisotopic (exact) mass is 395 g/mol. The summed E-state index contributed by atoms with van der Waals surface area (Å²) >= 11 is 8.81. The summed E-state index contributed by atoms with van der Waals surface area (Å²) in [4.78, 5) is 15.1. The molecule has 0 spiro atoms. The number of halogens is 2. The molecule has 2 rings (SSSR count). The van der Waals surface area contributed by atoms with Crippen LogP contribution in [0.3, 0.4) is 0 Å². The van der Waals surface area contributed by atoms with Gasteiger partial charge in [-0.25, -0.2) is 4.79 Å². The summed E-state index contributed by atoms with van der Waals surface area (Å²) in [6, 6.07) is 0. The summed E-state index contributed by atoms with van der Waals surface area (Å²) in [5, 5.41) is 0. The van der Waals surface area contributed by atoms with E-state index in [0.717, 1.165) is 21.2 Å². The molecule has 0 N–H and O–H groups in total. The fraction of sp³-hybridized carbons (Fsp3) is 0.583. The first-order valence-corrected chi connectivity index (χ1v) is 8.11. The highest BCUT2D eigenvalue weighted by Crippen LogP contribution is 2.40. The van der Waals surface area contributed by atoms with Crippen LogP contribution in [0.15, 0.2) is 8.26 Å². The van der Waals surface area contributed by atoms with Gasteiger partial charge in [-0.05, 0) is 59.1 Å². The molecule has 1 aliphatic rings. The van der Waals surface area contributed by atoms with Gasteiger partial charge in [-0.15, -0.1) is 11.3 Å². The molecule has 0 radical (unpaired) electrons. The second-order valence-electron chi connectivity index (χ2n) is 5.24. The molecule has 0 aliphatic carbocycles. The molecule has 1 aliphatic heterocycles. The lowest BCUT2D eigenvalue weighted by molar-refractivity contribution is 0.0225. The van der Waals surface area contributed by atoms with Gasteiger partial charge in [-0.2, -0.15) is 0 Å². The number of carbonyl (C=O) groups is 1. The number of hydrogen-bond donors (Lipinski definition) is 0. The van der Waals surface area contributed by atoms with Gasteiger partial charge in [0.05, 0.1) is 10.3 Å². The summed E-state index contributed by atoms with van der Waals surface area (Å²) in [6.07, 6.45) is 0.658. The average molecular weight is 397 g/mol. The van der Waals surface area contributed by atoms with Gasteiger partial charge in [0.25, 0.3) is 0 Å². The normalized spacial score (nSPS) is 15.5. The summed E-state index contributed by atoms with van der Waals surface area (Å²) in [5.41, 5.74) is 0.757. The Balaban J connectivity index is 2.12. The molecular formula is C12H15Br2NO2S. The van der Waals surface area contributed by atoms with Crippen molar-refractivity contribution in [2.24, 2.45) is 0 Å². The maximum atomic E-state index is 12.0. The first kappa shape index (κ1) is 14.3. The lowest BCUT2D eigenvalue weighted by atomic mass is 10.1. The van der Waals surface area contributed by atoms with Crippen molar-refractivity contribution in [3.05, 3.63) is 18.7 Å². The molecule has 0 saturated heterocycles. The number of nitrogens with zero attached hydrogens (tertiary/aromatic N) is 1. The first-order valence-electron chi connectivity index (χ1n) is 5.71. The van der Waals surface area contributed by atoms with Gasteiger partial charge >= 0.3 is 6.09 Å². The average Bonchev–Trinajstić information content (AvgIpc) is 2.52. The van der Waals surface area contributed by atoms with Crippen LogP contribution in [0.25, 0.3) is 0 Å². The van der Waals surface area contributed by atoms with Crippen molar-refractivity contribution < 1.29 is 9.53 Å². The zero-order valence-corrected chi connectivity index (χ0v) is 14.5. The van der Waals surface area contributed by atoms with Crippen molar-refractivity contribution >= 4 is 49.3 Å². The number of thiophene rings is 1. The lowest BCUT2D eigenvalue weighted by Crippen LogP contribution is -2.39. The van der Waals surface area contributed by atoms with Crippen LogP contribution in [-0.2, 0) is 17.7 Å². The third-order valence-corrected chi connectivity index (χ3v) is 6.23. The van der Waals surface area contributed by atoms with Crippen molar-refractivity contribution in [2.45, 2.75) is 39.3 Å². The molecule has 0 saturated carbocycles. The van der Waals surface area contributed by atoms with Crippen LogP contribution in [0, 0.1) is 0 Å². The Morgan fingerprint density at radius 3 is 2.67 bits per heavy atom. The highest BCUT2D eigenvalue weighted by atomic mass is 79.9. The van der Waals surface area contributed by atoms with E-state index in [1.165, 1.54) is 10.4 Å². The van der Waals surface area contributed by atoms with Crippen molar-refractivity contribution in [1.29, 1.82) is 0 Å². The molecule has 0 atom stereocenters. The van der Waals surface area contributed by atoms with Gasteiger partial charge < -0.3 is 9.64 Å². The molecule has 0 aromatic carbocycles. The van der Waals surface area contributed by atoms with Gasteiger partial charge in [-0.1, -0.05) is 0 Å². The Bertz CT molecular complexity index is 479. The minimum atomic E-state index is -0.441. The smallest absolute Gasteiger partial charge is 0.410 e. The molecule has 0 unspecified atom stereocenters. The molecule has 2 heterocycles. The van der Waals surface area contributed by atoms with E-state index in [4.69, 9.17) is 4.74 Å². The third-order valence-electron chi connectivity index (χ3n) is 2.60. The van der Waals surface area contributed by atoms with Gasteiger partial charge in [0.1, 0.15) is 5.60 Å². The van der Waals surface area contributed by atoms with Gasteiger partial charge in [0, 0.05) is 21.5 Å². The predicted molar refractivity (Wildman–Crippen MR) is 80.1 cm³/mol. The molecule has 0 fully saturated rings. The Hall–Kier alpha value is -0.0700. The van der Waals surface area contributed by atoms with Crippen LogP contribution in [0.4, 0.5) is 4.79 Å². The van der Waals surface area contributed by atoms with E-state index < -0.39 is 5.60 Å². The van der Waals surface area contributed by atoms with Crippen LogP contribution >= 0.6 is 43.2 Å². The molecule has 1 aromatic rings. The van der Waals surface area contributed by atoms with E-state index in [-0.39, 0.29) is 6.09 Å². The topological polar surface area (TPSA) is 29.5 Å². The SMILES string of the molecule is CC(C)(C)OC(=O)N1CCc2sc(Br)c(Br)c2C1. The highest BCUT2D eigenvalue weighted by molar-refractivity contribution is 9.13. The van der Waals surface area contributed by atoms with Crippen LogP contribution in [0.1, 0.15) is 31.2 Å². The molecule has 3 nitrogen and oxygen atoms in total. The zero-order valence-electron chi connectivity index (χ0n) is 10.5. The van der Waals surface area contributed by atoms with E-state index >= 15 is 0 Å². The van der Waals surface area contributed by atoms with E-state index in [2.05, 4.69) is 31.9 Å². The summed E-state index contributed by atoms with van der Waals surface area (Å²) in [7, 11) is 0. The van der Waals surface area contributed by atoms with Crippen molar-refractivity contribution in [2.75, 3.05) is 6.54 Å². The predicted octanol–water partition coefficient (Wildman–Crippen LogP) is 4.57. The Kier molecular flexibility index (Phi) is 4.09. The molecule has 6 heteroatoms. The standard InChI is InChI=1S/C12H15Br2NO2S/c1-12(2,3)17-11(16)15-5-4-8-7(6-15)9(13)10(14)18-8/h4-6H2,1-3H3. The lowest BCUT2D eigenvalue weighted by Gasteiger charge is -2.30. The number of carbonyl (C=O) groups excluding carboxylic acids is 1. The zero-order chi connectivity index (χ0) is 13.5. The Labute approximate surface area is 128 Å². The van der Waals surface area contributed by atoms with E-state index in [1.807, 2.05) is 20.8 Å². The molecule has 18 heavy (non-hydrogen) atoms. The highest BCUT2D eigenvalue weighted by Gasteiger charge is 2.28. The maximum Gasteiger partial charge on any atom is 0.410 e. The van der Waals surface area contributed by atoms with E-state index in [0.29, 0.717) is 6.54 Å². The minimum absolute atomic E-state index is 0.234. The molecule has 1 amide bonds. The fourth-order valence-electron chi connectivity index (χ4n) is 1.80. The van der Waals surface area contributed by atoms with Crippen molar-refractivity contribution in [3.8, 4) is 0 Å². The second-order valence-corrected chi connectivity index (χ2v) is 8.46. The van der Waals surface area contributed by atoms with E-state index in [9.17, 15) is 4.79 Å². The quantitative estimate of drug-likeness (QED) is 0.642. The summed E-state index contributed by atoms with van der Waals surface area (Å²) in [5.74, 6) is 0. The summed E-state index contributed by atoms with van der Waals surface area (Å²) in [6.45, 7) is 7.00. The van der Waals surface area contributed by atoms with Crippen LogP contribution in [-0.4, -0.2) is 23.1 Å². The van der Waals surface area contributed by atoms with Gasteiger partial charge in [0.2, 0.25) is 0 Å². The first-order chi connectivity index (χ1) is 8.28. The number of hydrogen-bond acceptors (Lipinski definition) is 3. The minimum Gasteiger partial charge on any atom is -0.444 e. The second kappa shape index (κ2) is 5.13. The van der Waals surface area contributed by atoms with Gasteiger partial charge in [-0.3, -0.25) is 0 Å². The van der Waals surface area contributed by atoms with Crippen LogP contribution in [0.2, 0.25) is 0 Å². The van der Waals surface area contributed by atoms with Crippen LogP contribution < -0.4 is 0 Å². The van der Waals surface area contributed by atoms with Crippen molar-refractivity contribution in [1.82, 2.24) is 4.90 Å². The number of rotatable bonds is 0.